The molecule has 2 unspecified atom stereocenters. The molecule has 1 heterocycles. The van der Waals surface area contributed by atoms with Crippen LogP contribution >= 0.6 is 11.6 Å². The summed E-state index contributed by atoms with van der Waals surface area (Å²) in [4.78, 5) is 2.43. The number of hydrogen-bond donors (Lipinski definition) is 1. The summed E-state index contributed by atoms with van der Waals surface area (Å²) < 4.78 is 0. The van der Waals surface area contributed by atoms with Gasteiger partial charge in [-0.2, -0.15) is 0 Å². The third kappa shape index (κ3) is 2.75. The van der Waals surface area contributed by atoms with Crippen LogP contribution in [-0.4, -0.2) is 12.6 Å². The van der Waals surface area contributed by atoms with Gasteiger partial charge in [-0.05, 0) is 43.4 Å². The Morgan fingerprint density at radius 1 is 1.35 bits per heavy atom. The van der Waals surface area contributed by atoms with Crippen molar-refractivity contribution in [2.45, 2.75) is 39.3 Å². The van der Waals surface area contributed by atoms with Gasteiger partial charge in [0.25, 0.3) is 0 Å². The van der Waals surface area contributed by atoms with Gasteiger partial charge in [-0.3, -0.25) is 0 Å². The van der Waals surface area contributed by atoms with Crippen molar-refractivity contribution < 1.29 is 0 Å². The van der Waals surface area contributed by atoms with Crippen molar-refractivity contribution in [3.8, 4) is 0 Å². The smallest absolute Gasteiger partial charge is 0.0642 e. The van der Waals surface area contributed by atoms with E-state index in [1.54, 1.807) is 0 Å². The molecule has 0 aromatic heterocycles. The van der Waals surface area contributed by atoms with Gasteiger partial charge in [-0.1, -0.05) is 24.6 Å². The van der Waals surface area contributed by atoms with E-state index < -0.39 is 0 Å². The second kappa shape index (κ2) is 5.28. The molecule has 0 saturated carbocycles. The molecule has 0 aliphatic carbocycles. The van der Waals surface area contributed by atoms with E-state index in [1.165, 1.54) is 12.8 Å². The largest absolute Gasteiger partial charge is 0.367 e. The van der Waals surface area contributed by atoms with Gasteiger partial charge < -0.3 is 10.6 Å². The number of anilines is 1. The highest BCUT2D eigenvalue weighted by atomic mass is 35.5. The predicted octanol–water partition coefficient (Wildman–Crippen LogP) is 3.42. The second-order valence-corrected chi connectivity index (χ2v) is 5.58. The predicted molar refractivity (Wildman–Crippen MR) is 74.5 cm³/mol. The highest BCUT2D eigenvalue weighted by Crippen LogP contribution is 2.33. The van der Waals surface area contributed by atoms with Crippen molar-refractivity contribution in [1.29, 1.82) is 0 Å². The number of benzene rings is 1. The van der Waals surface area contributed by atoms with E-state index in [4.69, 9.17) is 17.3 Å². The van der Waals surface area contributed by atoms with Crippen LogP contribution in [0.2, 0.25) is 5.02 Å². The van der Waals surface area contributed by atoms with Crippen LogP contribution in [0.3, 0.4) is 0 Å². The van der Waals surface area contributed by atoms with Crippen molar-refractivity contribution in [2.75, 3.05) is 11.4 Å². The zero-order chi connectivity index (χ0) is 12.4. The van der Waals surface area contributed by atoms with Gasteiger partial charge >= 0.3 is 0 Å². The minimum atomic E-state index is 0.548. The molecule has 2 rings (SSSR count). The van der Waals surface area contributed by atoms with Gasteiger partial charge in [0.2, 0.25) is 0 Å². The Labute approximate surface area is 109 Å². The lowest BCUT2D eigenvalue weighted by Crippen LogP contribution is -2.41. The van der Waals surface area contributed by atoms with Gasteiger partial charge in [0, 0.05) is 19.1 Å². The number of nitrogens with zero attached hydrogens (tertiary/aromatic N) is 1. The van der Waals surface area contributed by atoms with Crippen LogP contribution < -0.4 is 10.6 Å². The maximum atomic E-state index is 6.36. The quantitative estimate of drug-likeness (QED) is 0.874. The summed E-state index contributed by atoms with van der Waals surface area (Å²) in [7, 11) is 0. The number of hydrogen-bond acceptors (Lipinski definition) is 2. The maximum absolute atomic E-state index is 6.36. The third-order valence-electron chi connectivity index (χ3n) is 3.67. The first-order valence-electron chi connectivity index (χ1n) is 6.37. The molecule has 2 nitrogen and oxygen atoms in total. The molecule has 0 amide bonds. The van der Waals surface area contributed by atoms with Crippen LogP contribution in [-0.2, 0) is 6.54 Å². The van der Waals surface area contributed by atoms with Gasteiger partial charge in [-0.15, -0.1) is 0 Å². The molecule has 1 fully saturated rings. The minimum absolute atomic E-state index is 0.548. The molecular formula is C14H21ClN2. The molecule has 1 aromatic carbocycles. The first-order valence-corrected chi connectivity index (χ1v) is 6.74. The zero-order valence-corrected chi connectivity index (χ0v) is 11.4. The first kappa shape index (κ1) is 12.7. The van der Waals surface area contributed by atoms with E-state index in [1.807, 2.05) is 6.07 Å². The van der Waals surface area contributed by atoms with E-state index in [0.717, 1.165) is 28.7 Å². The van der Waals surface area contributed by atoms with Crippen molar-refractivity contribution >= 4 is 17.3 Å². The summed E-state index contributed by atoms with van der Waals surface area (Å²) >= 11 is 6.36. The van der Waals surface area contributed by atoms with Crippen molar-refractivity contribution in [2.24, 2.45) is 11.7 Å². The van der Waals surface area contributed by atoms with E-state index in [9.17, 15) is 0 Å². The molecule has 1 aliphatic rings. The molecule has 3 heteroatoms. The summed E-state index contributed by atoms with van der Waals surface area (Å²) in [5, 5.41) is 0.828. The molecule has 2 atom stereocenters. The Hall–Kier alpha value is -0.730. The molecule has 0 radical (unpaired) electrons. The fraction of sp³-hybridized carbons (Fsp3) is 0.571. The normalized spacial score (nSPS) is 25.1. The van der Waals surface area contributed by atoms with Crippen LogP contribution in [0.1, 0.15) is 32.3 Å². The molecule has 0 bridgehead atoms. The van der Waals surface area contributed by atoms with E-state index in [2.05, 4.69) is 30.9 Å². The number of nitrogens with two attached hydrogens (primary N) is 1. The summed E-state index contributed by atoms with van der Waals surface area (Å²) in [5.74, 6) is 0.747. The summed E-state index contributed by atoms with van der Waals surface area (Å²) in [6, 6.07) is 6.75. The van der Waals surface area contributed by atoms with E-state index in [-0.39, 0.29) is 0 Å². The van der Waals surface area contributed by atoms with Crippen molar-refractivity contribution in [3.05, 3.63) is 28.8 Å². The molecule has 2 N–H and O–H groups in total. The topological polar surface area (TPSA) is 29.3 Å². The van der Waals surface area contributed by atoms with Gasteiger partial charge in [0.15, 0.2) is 0 Å². The standard InChI is InChI=1S/C14H21ClN2/c1-10-3-4-11(2)17(9-10)14-6-5-12(8-16)7-13(14)15/h5-7,10-11H,3-4,8-9,16H2,1-2H3. The third-order valence-corrected chi connectivity index (χ3v) is 3.98. The highest BCUT2D eigenvalue weighted by molar-refractivity contribution is 6.33. The Balaban J connectivity index is 2.26. The van der Waals surface area contributed by atoms with Crippen LogP contribution in [0.15, 0.2) is 18.2 Å². The lowest BCUT2D eigenvalue weighted by molar-refractivity contribution is 0.390. The van der Waals surface area contributed by atoms with Crippen LogP contribution in [0.5, 0.6) is 0 Å². The zero-order valence-electron chi connectivity index (χ0n) is 10.6. The fourth-order valence-corrected chi connectivity index (χ4v) is 2.85. The second-order valence-electron chi connectivity index (χ2n) is 5.17. The van der Waals surface area contributed by atoms with Gasteiger partial charge in [-0.25, -0.2) is 0 Å². The van der Waals surface area contributed by atoms with Crippen LogP contribution in [0.25, 0.3) is 0 Å². The Morgan fingerprint density at radius 2 is 2.12 bits per heavy atom. The molecule has 1 saturated heterocycles. The van der Waals surface area contributed by atoms with E-state index in [0.29, 0.717) is 12.6 Å². The Morgan fingerprint density at radius 3 is 2.76 bits per heavy atom. The van der Waals surface area contributed by atoms with Crippen molar-refractivity contribution in [1.82, 2.24) is 0 Å². The summed E-state index contributed by atoms with van der Waals surface area (Å²) in [6.45, 7) is 6.23. The number of rotatable bonds is 2. The number of halogens is 1. The van der Waals surface area contributed by atoms with Crippen LogP contribution in [0.4, 0.5) is 5.69 Å². The molecule has 17 heavy (non-hydrogen) atoms. The molecule has 1 aliphatic heterocycles. The molecule has 0 spiro atoms. The molecule has 1 aromatic rings. The monoisotopic (exact) mass is 252 g/mol. The average molecular weight is 253 g/mol. The lowest BCUT2D eigenvalue weighted by Gasteiger charge is -2.39. The Kier molecular flexibility index (Phi) is 3.95. The van der Waals surface area contributed by atoms with Crippen LogP contribution in [0, 0.1) is 5.92 Å². The molecular weight excluding hydrogens is 232 g/mol. The van der Waals surface area contributed by atoms with Gasteiger partial charge in [0.1, 0.15) is 0 Å². The summed E-state index contributed by atoms with van der Waals surface area (Å²) in [5.41, 5.74) is 7.87. The highest BCUT2D eigenvalue weighted by Gasteiger charge is 2.24. The maximum Gasteiger partial charge on any atom is 0.0642 e. The minimum Gasteiger partial charge on any atom is -0.367 e. The Bertz CT molecular complexity index is 392. The number of piperidine rings is 1. The van der Waals surface area contributed by atoms with E-state index >= 15 is 0 Å². The lowest BCUT2D eigenvalue weighted by atomic mass is 9.94. The summed E-state index contributed by atoms with van der Waals surface area (Å²) in [6.07, 6.45) is 2.56. The average Bonchev–Trinajstić information content (AvgIpc) is 2.32. The SMILES string of the molecule is CC1CCC(C)N(c2ccc(CN)cc2Cl)C1. The fourth-order valence-electron chi connectivity index (χ4n) is 2.53. The van der Waals surface area contributed by atoms with Crippen molar-refractivity contribution in [3.63, 3.8) is 0 Å². The first-order chi connectivity index (χ1) is 8.11. The van der Waals surface area contributed by atoms with Gasteiger partial charge in [0.05, 0.1) is 10.7 Å². The molecule has 94 valence electrons.